The molecule has 21 heavy (non-hydrogen) atoms. The summed E-state index contributed by atoms with van der Waals surface area (Å²) in [7, 11) is 0. The first-order valence-corrected chi connectivity index (χ1v) is 6.79. The number of anilines is 1. The van der Waals surface area contributed by atoms with Crippen LogP contribution in [-0.2, 0) is 6.42 Å². The highest BCUT2D eigenvalue weighted by Gasteiger charge is 2.07. The maximum Gasteiger partial charge on any atom is 0.174 e. The van der Waals surface area contributed by atoms with Crippen LogP contribution in [0.2, 0.25) is 0 Å². The van der Waals surface area contributed by atoms with Gasteiger partial charge in [-0.3, -0.25) is 0 Å². The molecular formula is C17H17FN2O. The van der Waals surface area contributed by atoms with Crippen molar-refractivity contribution in [1.82, 2.24) is 0 Å². The van der Waals surface area contributed by atoms with Crippen LogP contribution in [0.3, 0.4) is 0 Å². The zero-order valence-electron chi connectivity index (χ0n) is 11.8. The summed E-state index contributed by atoms with van der Waals surface area (Å²) in [5.41, 5.74) is 1.63. The summed E-state index contributed by atoms with van der Waals surface area (Å²) in [5, 5.41) is 11.8. The highest BCUT2D eigenvalue weighted by molar-refractivity contribution is 5.47. The maximum absolute atomic E-state index is 13.6. The standard InChI is InChI=1S/C17H17FN2O/c1-13(12-14-4-2-3-5-17(14)18)20-15-6-8-16(9-7-15)21-11-10-19/h2-9,13,20H,11-12H2,1H3. The SMILES string of the molecule is CC(Cc1ccccc1F)Nc1ccc(OCC#N)cc1. The number of rotatable bonds is 6. The van der Waals surface area contributed by atoms with Crippen LogP contribution in [-0.4, -0.2) is 12.6 Å². The van der Waals surface area contributed by atoms with Gasteiger partial charge in [-0.25, -0.2) is 4.39 Å². The van der Waals surface area contributed by atoms with E-state index in [2.05, 4.69) is 5.32 Å². The largest absolute Gasteiger partial charge is 0.479 e. The highest BCUT2D eigenvalue weighted by atomic mass is 19.1. The molecule has 2 aromatic rings. The molecule has 0 saturated heterocycles. The summed E-state index contributed by atoms with van der Waals surface area (Å²) in [5.74, 6) is 0.482. The van der Waals surface area contributed by atoms with E-state index in [1.165, 1.54) is 6.07 Å². The molecule has 0 fully saturated rings. The van der Waals surface area contributed by atoms with Gasteiger partial charge in [0.05, 0.1) is 0 Å². The molecule has 108 valence electrons. The Bertz CT molecular complexity index is 619. The number of hydrogen-bond donors (Lipinski definition) is 1. The number of halogens is 1. The molecule has 4 heteroatoms. The van der Waals surface area contributed by atoms with Gasteiger partial charge in [-0.1, -0.05) is 18.2 Å². The first-order valence-electron chi connectivity index (χ1n) is 6.79. The first kappa shape index (κ1) is 14.9. The van der Waals surface area contributed by atoms with Crippen LogP contribution in [0.1, 0.15) is 12.5 Å². The van der Waals surface area contributed by atoms with E-state index in [0.717, 1.165) is 5.69 Å². The Morgan fingerprint density at radius 3 is 2.57 bits per heavy atom. The second-order valence-electron chi connectivity index (χ2n) is 4.81. The molecule has 0 saturated carbocycles. The normalized spacial score (nSPS) is 11.5. The number of nitriles is 1. The first-order chi connectivity index (χ1) is 10.2. The fraction of sp³-hybridized carbons (Fsp3) is 0.235. The molecule has 2 aromatic carbocycles. The van der Waals surface area contributed by atoms with Crippen molar-refractivity contribution in [2.24, 2.45) is 0 Å². The lowest BCUT2D eigenvalue weighted by Gasteiger charge is -2.16. The number of hydrogen-bond acceptors (Lipinski definition) is 3. The summed E-state index contributed by atoms with van der Waals surface area (Å²) in [6.07, 6.45) is 0.610. The molecule has 0 aliphatic heterocycles. The molecule has 0 aliphatic rings. The fourth-order valence-electron chi connectivity index (χ4n) is 2.09. The number of nitrogens with one attached hydrogen (secondary N) is 1. The molecule has 0 spiro atoms. The predicted octanol–water partition coefficient (Wildman–Crippen LogP) is 3.77. The van der Waals surface area contributed by atoms with Crippen molar-refractivity contribution in [3.05, 3.63) is 59.9 Å². The lowest BCUT2D eigenvalue weighted by atomic mass is 10.1. The third kappa shape index (κ3) is 4.50. The van der Waals surface area contributed by atoms with E-state index in [9.17, 15) is 4.39 Å². The Balaban J connectivity index is 1.92. The molecule has 3 nitrogen and oxygen atoms in total. The number of benzene rings is 2. The minimum atomic E-state index is -0.175. The summed E-state index contributed by atoms with van der Waals surface area (Å²) < 4.78 is 18.8. The Morgan fingerprint density at radius 2 is 1.90 bits per heavy atom. The van der Waals surface area contributed by atoms with Gasteiger partial charge in [-0.05, 0) is 49.2 Å². The molecule has 1 atom stereocenters. The van der Waals surface area contributed by atoms with Gasteiger partial charge in [-0.15, -0.1) is 0 Å². The van der Waals surface area contributed by atoms with Crippen molar-refractivity contribution in [3.63, 3.8) is 0 Å². The van der Waals surface area contributed by atoms with Crippen LogP contribution < -0.4 is 10.1 Å². The van der Waals surface area contributed by atoms with E-state index >= 15 is 0 Å². The molecule has 0 aromatic heterocycles. The van der Waals surface area contributed by atoms with Crippen molar-refractivity contribution in [2.45, 2.75) is 19.4 Å². The summed E-state index contributed by atoms with van der Waals surface area (Å²) in [6, 6.07) is 16.2. The third-order valence-corrected chi connectivity index (χ3v) is 3.05. The summed E-state index contributed by atoms with van der Waals surface area (Å²) in [6.45, 7) is 2.04. The van der Waals surface area contributed by atoms with E-state index < -0.39 is 0 Å². The minimum absolute atomic E-state index is 0.0382. The number of nitrogens with zero attached hydrogens (tertiary/aromatic N) is 1. The van der Waals surface area contributed by atoms with Crippen LogP contribution in [0.15, 0.2) is 48.5 Å². The van der Waals surface area contributed by atoms with Gasteiger partial charge in [0.25, 0.3) is 0 Å². The van der Waals surface area contributed by atoms with Gasteiger partial charge in [0.15, 0.2) is 6.61 Å². The lowest BCUT2D eigenvalue weighted by Crippen LogP contribution is -2.18. The van der Waals surface area contributed by atoms with Gasteiger partial charge < -0.3 is 10.1 Å². The average molecular weight is 284 g/mol. The fourth-order valence-corrected chi connectivity index (χ4v) is 2.09. The molecule has 0 bridgehead atoms. The zero-order valence-corrected chi connectivity index (χ0v) is 11.8. The lowest BCUT2D eigenvalue weighted by molar-refractivity contribution is 0.368. The smallest absolute Gasteiger partial charge is 0.174 e. The van der Waals surface area contributed by atoms with E-state index in [1.807, 2.05) is 31.2 Å². The predicted molar refractivity (Wildman–Crippen MR) is 80.7 cm³/mol. The maximum atomic E-state index is 13.6. The Hall–Kier alpha value is -2.54. The highest BCUT2D eigenvalue weighted by Crippen LogP contribution is 2.17. The second-order valence-corrected chi connectivity index (χ2v) is 4.81. The van der Waals surface area contributed by atoms with Crippen molar-refractivity contribution in [3.8, 4) is 11.8 Å². The van der Waals surface area contributed by atoms with Crippen LogP contribution in [0.25, 0.3) is 0 Å². The van der Waals surface area contributed by atoms with E-state index in [-0.39, 0.29) is 18.5 Å². The summed E-state index contributed by atoms with van der Waals surface area (Å²) >= 11 is 0. The van der Waals surface area contributed by atoms with Crippen LogP contribution in [0, 0.1) is 17.1 Å². The van der Waals surface area contributed by atoms with Crippen molar-refractivity contribution in [2.75, 3.05) is 11.9 Å². The zero-order chi connectivity index (χ0) is 15.1. The van der Waals surface area contributed by atoms with Gasteiger partial charge in [0, 0.05) is 11.7 Å². The third-order valence-electron chi connectivity index (χ3n) is 3.05. The van der Waals surface area contributed by atoms with Crippen molar-refractivity contribution >= 4 is 5.69 Å². The molecule has 0 amide bonds. The monoisotopic (exact) mass is 284 g/mol. The van der Waals surface area contributed by atoms with Crippen LogP contribution in [0.4, 0.5) is 10.1 Å². The van der Waals surface area contributed by atoms with Gasteiger partial charge in [-0.2, -0.15) is 5.26 Å². The number of ether oxygens (including phenoxy) is 1. The molecular weight excluding hydrogens is 267 g/mol. The van der Waals surface area contributed by atoms with Crippen molar-refractivity contribution < 1.29 is 9.13 Å². The van der Waals surface area contributed by atoms with E-state index in [0.29, 0.717) is 17.7 Å². The molecule has 0 aliphatic carbocycles. The topological polar surface area (TPSA) is 45.0 Å². The molecule has 0 heterocycles. The van der Waals surface area contributed by atoms with Crippen LogP contribution in [0.5, 0.6) is 5.75 Å². The molecule has 1 N–H and O–H groups in total. The van der Waals surface area contributed by atoms with Gasteiger partial charge in [0.1, 0.15) is 17.6 Å². The van der Waals surface area contributed by atoms with Crippen LogP contribution >= 0.6 is 0 Å². The Labute approximate surface area is 124 Å². The van der Waals surface area contributed by atoms with E-state index in [4.69, 9.17) is 10.00 Å². The van der Waals surface area contributed by atoms with Gasteiger partial charge in [0.2, 0.25) is 0 Å². The average Bonchev–Trinajstić information content (AvgIpc) is 2.49. The quantitative estimate of drug-likeness (QED) is 0.878. The van der Waals surface area contributed by atoms with E-state index in [1.54, 1.807) is 24.3 Å². The Morgan fingerprint density at radius 1 is 1.19 bits per heavy atom. The second kappa shape index (κ2) is 7.30. The minimum Gasteiger partial charge on any atom is -0.479 e. The van der Waals surface area contributed by atoms with Crippen molar-refractivity contribution in [1.29, 1.82) is 5.26 Å². The van der Waals surface area contributed by atoms with Gasteiger partial charge >= 0.3 is 0 Å². The Kier molecular flexibility index (Phi) is 5.16. The molecule has 2 rings (SSSR count). The summed E-state index contributed by atoms with van der Waals surface area (Å²) in [4.78, 5) is 0. The molecule has 0 radical (unpaired) electrons. The molecule has 1 unspecified atom stereocenters.